The SMILES string of the molecule is CC[C@H]1CCc2sc(C(=O)O[C@@H](C)C(=O)NC(=O)NC3CCCCC3)cc2C1. The minimum absolute atomic E-state index is 0.115. The van der Waals surface area contributed by atoms with E-state index in [1.54, 1.807) is 0 Å². The molecule has 1 saturated carbocycles. The van der Waals surface area contributed by atoms with Crippen LogP contribution in [-0.4, -0.2) is 30.1 Å². The average Bonchev–Trinajstić information content (AvgIpc) is 3.11. The fraction of sp³-hybridized carbons (Fsp3) is 0.667. The van der Waals surface area contributed by atoms with Crippen molar-refractivity contribution in [3.63, 3.8) is 0 Å². The van der Waals surface area contributed by atoms with Gasteiger partial charge in [-0.3, -0.25) is 10.1 Å². The molecule has 0 bridgehead atoms. The molecule has 0 spiro atoms. The lowest BCUT2D eigenvalue weighted by Crippen LogP contribution is -2.48. The Labute approximate surface area is 170 Å². The number of aryl methyl sites for hydroxylation is 1. The van der Waals surface area contributed by atoms with Gasteiger partial charge in [0.15, 0.2) is 6.10 Å². The summed E-state index contributed by atoms with van der Waals surface area (Å²) in [6, 6.07) is 1.51. The summed E-state index contributed by atoms with van der Waals surface area (Å²) in [6.45, 7) is 3.68. The maximum absolute atomic E-state index is 12.4. The van der Waals surface area contributed by atoms with E-state index in [0.717, 1.165) is 51.4 Å². The van der Waals surface area contributed by atoms with Gasteiger partial charge in [0.25, 0.3) is 5.91 Å². The lowest BCUT2D eigenvalue weighted by Gasteiger charge is -2.23. The van der Waals surface area contributed by atoms with Gasteiger partial charge in [-0.2, -0.15) is 0 Å². The number of fused-ring (bicyclic) bond motifs is 1. The van der Waals surface area contributed by atoms with E-state index in [0.29, 0.717) is 10.8 Å². The van der Waals surface area contributed by atoms with Crippen molar-refractivity contribution in [2.45, 2.75) is 83.8 Å². The summed E-state index contributed by atoms with van der Waals surface area (Å²) in [4.78, 5) is 38.4. The molecule has 6 nitrogen and oxygen atoms in total. The topological polar surface area (TPSA) is 84.5 Å². The van der Waals surface area contributed by atoms with Crippen molar-refractivity contribution in [1.82, 2.24) is 10.6 Å². The number of hydrogen-bond donors (Lipinski definition) is 2. The maximum atomic E-state index is 12.4. The Hall–Kier alpha value is -1.89. The second kappa shape index (κ2) is 9.54. The summed E-state index contributed by atoms with van der Waals surface area (Å²) >= 11 is 1.46. The number of carbonyl (C=O) groups is 3. The van der Waals surface area contributed by atoms with Crippen molar-refractivity contribution < 1.29 is 19.1 Å². The largest absolute Gasteiger partial charge is 0.448 e. The van der Waals surface area contributed by atoms with Gasteiger partial charge < -0.3 is 10.1 Å². The lowest BCUT2D eigenvalue weighted by molar-refractivity contribution is -0.127. The van der Waals surface area contributed by atoms with E-state index in [1.165, 1.54) is 35.1 Å². The molecule has 3 amide bonds. The first kappa shape index (κ1) is 20.8. The molecule has 0 radical (unpaired) electrons. The van der Waals surface area contributed by atoms with Gasteiger partial charge in [-0.15, -0.1) is 11.3 Å². The van der Waals surface area contributed by atoms with Crippen molar-refractivity contribution >= 4 is 29.2 Å². The van der Waals surface area contributed by atoms with Gasteiger partial charge >= 0.3 is 12.0 Å². The number of amides is 3. The highest BCUT2D eigenvalue weighted by atomic mass is 32.1. The van der Waals surface area contributed by atoms with Crippen molar-refractivity contribution in [2.24, 2.45) is 5.92 Å². The molecule has 1 fully saturated rings. The number of thiophene rings is 1. The van der Waals surface area contributed by atoms with Crippen molar-refractivity contribution in [1.29, 1.82) is 0 Å². The molecule has 3 rings (SSSR count). The Bertz CT molecular complexity index is 724. The van der Waals surface area contributed by atoms with Crippen LogP contribution in [0.5, 0.6) is 0 Å². The highest BCUT2D eigenvalue weighted by Gasteiger charge is 2.26. The van der Waals surface area contributed by atoms with E-state index >= 15 is 0 Å². The molecule has 0 saturated heterocycles. The summed E-state index contributed by atoms with van der Waals surface area (Å²) in [6.07, 6.45) is 8.55. The van der Waals surface area contributed by atoms with Crippen LogP contribution in [0.4, 0.5) is 4.79 Å². The standard InChI is InChI=1S/C21H30N2O4S/c1-3-14-9-10-17-15(11-14)12-18(28-17)20(25)27-13(2)19(24)23-21(26)22-16-7-5-4-6-8-16/h12-14,16H,3-11H2,1-2H3,(H2,22,23,24,26)/t13-,14-/m0/s1. The van der Waals surface area contributed by atoms with Crippen molar-refractivity contribution in [2.75, 3.05) is 0 Å². The van der Waals surface area contributed by atoms with Crippen LogP contribution in [0.3, 0.4) is 0 Å². The Morgan fingerprint density at radius 1 is 1.21 bits per heavy atom. The molecular formula is C21H30N2O4S. The normalized spacial score (nSPS) is 20.7. The third-order valence-corrected chi connectivity index (χ3v) is 7.01. The van der Waals surface area contributed by atoms with Gasteiger partial charge in [-0.1, -0.05) is 32.6 Å². The monoisotopic (exact) mass is 406 g/mol. The second-order valence-corrected chi connectivity index (χ2v) is 9.06. The summed E-state index contributed by atoms with van der Waals surface area (Å²) in [5.41, 5.74) is 1.24. The lowest BCUT2D eigenvalue weighted by atomic mass is 9.87. The maximum Gasteiger partial charge on any atom is 0.349 e. The van der Waals surface area contributed by atoms with Gasteiger partial charge in [0, 0.05) is 10.9 Å². The number of imide groups is 1. The molecule has 2 aliphatic rings. The highest BCUT2D eigenvalue weighted by Crippen LogP contribution is 2.33. The first-order valence-corrected chi connectivity index (χ1v) is 11.2. The first-order valence-electron chi connectivity index (χ1n) is 10.4. The average molecular weight is 407 g/mol. The van der Waals surface area contributed by atoms with E-state index in [4.69, 9.17) is 4.74 Å². The van der Waals surface area contributed by atoms with Crippen molar-refractivity contribution in [3.8, 4) is 0 Å². The van der Waals surface area contributed by atoms with Crippen molar-refractivity contribution in [3.05, 3.63) is 21.4 Å². The zero-order chi connectivity index (χ0) is 20.1. The molecule has 1 aromatic rings. The van der Waals surface area contributed by atoms with E-state index < -0.39 is 24.0 Å². The predicted octanol–water partition coefficient (Wildman–Crippen LogP) is 3.97. The second-order valence-electron chi connectivity index (χ2n) is 7.92. The number of hydrogen-bond acceptors (Lipinski definition) is 5. The first-order chi connectivity index (χ1) is 13.5. The molecule has 0 aliphatic heterocycles. The van der Waals surface area contributed by atoms with E-state index in [2.05, 4.69) is 17.6 Å². The molecule has 154 valence electrons. The number of nitrogens with one attached hydrogen (secondary N) is 2. The van der Waals surface area contributed by atoms with Gasteiger partial charge in [-0.05, 0) is 56.6 Å². The van der Waals surface area contributed by atoms with Crippen LogP contribution in [0.15, 0.2) is 6.07 Å². The highest BCUT2D eigenvalue weighted by molar-refractivity contribution is 7.14. The van der Waals surface area contributed by atoms with Gasteiger partial charge in [0.1, 0.15) is 4.88 Å². The molecular weight excluding hydrogens is 376 g/mol. The van der Waals surface area contributed by atoms with E-state index in [1.807, 2.05) is 6.07 Å². The zero-order valence-electron chi connectivity index (χ0n) is 16.7. The number of esters is 1. The molecule has 2 aliphatic carbocycles. The Balaban J connectivity index is 1.49. The summed E-state index contributed by atoms with van der Waals surface area (Å²) < 4.78 is 5.30. The fourth-order valence-corrected chi connectivity index (χ4v) is 5.09. The molecule has 1 aromatic heterocycles. The molecule has 7 heteroatoms. The Morgan fingerprint density at radius 3 is 2.68 bits per heavy atom. The number of urea groups is 1. The van der Waals surface area contributed by atoms with Crippen LogP contribution in [0.25, 0.3) is 0 Å². The van der Waals surface area contributed by atoms with Gasteiger partial charge in [0.2, 0.25) is 0 Å². The zero-order valence-corrected chi connectivity index (χ0v) is 17.5. The Kier molecular flexibility index (Phi) is 7.10. The molecule has 28 heavy (non-hydrogen) atoms. The van der Waals surface area contributed by atoms with E-state index in [-0.39, 0.29) is 6.04 Å². The van der Waals surface area contributed by atoms with Gasteiger partial charge in [0.05, 0.1) is 0 Å². The number of carbonyl (C=O) groups excluding carboxylic acids is 3. The number of ether oxygens (including phenoxy) is 1. The Morgan fingerprint density at radius 2 is 1.96 bits per heavy atom. The molecule has 0 unspecified atom stereocenters. The third-order valence-electron chi connectivity index (χ3n) is 5.79. The van der Waals surface area contributed by atoms with Crippen LogP contribution in [-0.2, 0) is 22.4 Å². The van der Waals surface area contributed by atoms with Crippen LogP contribution >= 0.6 is 11.3 Å². The quantitative estimate of drug-likeness (QED) is 0.725. The minimum Gasteiger partial charge on any atom is -0.448 e. The molecule has 1 heterocycles. The predicted molar refractivity (Wildman–Crippen MR) is 109 cm³/mol. The van der Waals surface area contributed by atoms with Crippen LogP contribution in [0, 0.1) is 5.92 Å². The summed E-state index contributed by atoms with van der Waals surface area (Å²) in [7, 11) is 0. The van der Waals surface area contributed by atoms with Crippen LogP contribution in [0.1, 0.15) is 78.9 Å². The molecule has 2 atom stereocenters. The summed E-state index contributed by atoms with van der Waals surface area (Å²) in [5, 5.41) is 5.11. The third kappa shape index (κ3) is 5.34. The van der Waals surface area contributed by atoms with Crippen LogP contribution < -0.4 is 10.6 Å². The summed E-state index contributed by atoms with van der Waals surface area (Å²) in [5.74, 6) is -0.421. The molecule has 2 N–H and O–H groups in total. The smallest absolute Gasteiger partial charge is 0.349 e. The molecule has 0 aromatic carbocycles. The van der Waals surface area contributed by atoms with Gasteiger partial charge in [-0.25, -0.2) is 9.59 Å². The minimum atomic E-state index is -1.02. The number of rotatable bonds is 5. The fourth-order valence-electron chi connectivity index (χ4n) is 4.00. The van der Waals surface area contributed by atoms with Crippen LogP contribution in [0.2, 0.25) is 0 Å². The van der Waals surface area contributed by atoms with E-state index in [9.17, 15) is 14.4 Å².